The summed E-state index contributed by atoms with van der Waals surface area (Å²) in [5.41, 5.74) is 3.03. The molecule has 0 aliphatic heterocycles. The van der Waals surface area contributed by atoms with Gasteiger partial charge in [-0.1, -0.05) is 155 Å². The van der Waals surface area contributed by atoms with Gasteiger partial charge in [-0.05, 0) is 63.5 Å². The largest absolute Gasteiger partial charge is 0.466 e. The number of hydrogen-bond acceptors (Lipinski definition) is 4. The van der Waals surface area contributed by atoms with Crippen molar-refractivity contribution in [3.63, 3.8) is 0 Å². The molecular weight excluding hydrogens is 608 g/mol. The molecule has 0 saturated carbocycles. The summed E-state index contributed by atoms with van der Waals surface area (Å²) in [4.78, 5) is 35.4. The zero-order chi connectivity index (χ0) is 36.5. The van der Waals surface area contributed by atoms with E-state index in [9.17, 15) is 14.4 Å². The van der Waals surface area contributed by atoms with Crippen molar-refractivity contribution >= 4 is 17.8 Å². The van der Waals surface area contributed by atoms with Crippen LogP contribution in [0.1, 0.15) is 197 Å². The van der Waals surface area contributed by atoms with Gasteiger partial charge < -0.3 is 15.4 Å². The lowest BCUT2D eigenvalue weighted by atomic mass is 10.0. The van der Waals surface area contributed by atoms with Crippen molar-refractivity contribution in [3.05, 3.63) is 34.9 Å². The highest BCUT2D eigenvalue weighted by molar-refractivity contribution is 5.94. The molecule has 49 heavy (non-hydrogen) atoms. The molecule has 0 fully saturated rings. The number of nitrogens with one attached hydrogen (secondary N) is 2. The second-order valence-electron chi connectivity index (χ2n) is 14.6. The van der Waals surface area contributed by atoms with Gasteiger partial charge in [0.1, 0.15) is 0 Å². The van der Waals surface area contributed by atoms with Gasteiger partial charge in [0, 0.05) is 31.5 Å². The summed E-state index contributed by atoms with van der Waals surface area (Å²) >= 11 is 0. The molecule has 1 aromatic rings. The van der Waals surface area contributed by atoms with E-state index in [0.717, 1.165) is 74.7 Å². The molecule has 0 bridgehead atoms. The number of carbonyl (C=O) groups excluding carboxylic acids is 3. The van der Waals surface area contributed by atoms with Crippen LogP contribution in [0.15, 0.2) is 18.2 Å². The summed E-state index contributed by atoms with van der Waals surface area (Å²) in [7, 11) is 0. The van der Waals surface area contributed by atoms with E-state index in [1.165, 1.54) is 83.5 Å². The molecule has 2 atom stereocenters. The van der Waals surface area contributed by atoms with Gasteiger partial charge in [-0.2, -0.15) is 0 Å². The Morgan fingerprint density at radius 1 is 0.571 bits per heavy atom. The topological polar surface area (TPSA) is 84.5 Å². The van der Waals surface area contributed by atoms with Crippen molar-refractivity contribution in [1.29, 1.82) is 0 Å². The Balaban J connectivity index is 0.00000119. The fourth-order valence-electron chi connectivity index (χ4n) is 5.60. The summed E-state index contributed by atoms with van der Waals surface area (Å²) in [6.07, 6.45) is 26.0. The third-order valence-electron chi connectivity index (χ3n) is 9.43. The van der Waals surface area contributed by atoms with Crippen LogP contribution in [0.3, 0.4) is 0 Å². The van der Waals surface area contributed by atoms with Crippen LogP contribution in [-0.4, -0.2) is 37.5 Å². The number of esters is 1. The normalized spacial score (nSPS) is 12.1. The van der Waals surface area contributed by atoms with Crippen molar-refractivity contribution in [3.8, 4) is 0 Å². The van der Waals surface area contributed by atoms with E-state index < -0.39 is 0 Å². The smallest absolute Gasteiger partial charge is 0.305 e. The van der Waals surface area contributed by atoms with Gasteiger partial charge in [0.2, 0.25) is 5.91 Å². The standard InChI is InChI=1S/C29H57NO3.C14H21NO/c1-4-6-7-8-9-10-11-12-13-14-15-16-17-18-21-24-29(32)33-25-22-19-20-23-28(31)30-26-27(3)5-2;1-5-10(2)9-15-14(16)13-7-11(3)6-12(4)8-13/h27H,4-26H2,1-3H3,(H,30,31);6-8,10H,5,9H2,1-4H3,(H,15,16). The summed E-state index contributed by atoms with van der Waals surface area (Å²) < 4.78 is 5.32. The maximum atomic E-state index is 11.9. The second kappa shape index (κ2) is 32.8. The van der Waals surface area contributed by atoms with Crippen LogP contribution in [0.5, 0.6) is 0 Å². The zero-order valence-corrected chi connectivity index (χ0v) is 33.2. The summed E-state index contributed by atoms with van der Waals surface area (Å²) in [5, 5.41) is 5.95. The van der Waals surface area contributed by atoms with Crippen LogP contribution < -0.4 is 10.6 Å². The fraction of sp³-hybridized carbons (Fsp3) is 0.791. The van der Waals surface area contributed by atoms with Crippen molar-refractivity contribution in [2.24, 2.45) is 11.8 Å². The summed E-state index contributed by atoms with van der Waals surface area (Å²) in [6, 6.07) is 5.93. The van der Waals surface area contributed by atoms with Crippen molar-refractivity contribution in [2.45, 2.75) is 190 Å². The first kappa shape index (κ1) is 46.6. The predicted octanol–water partition coefficient (Wildman–Crippen LogP) is 11.6. The van der Waals surface area contributed by atoms with Gasteiger partial charge in [0.25, 0.3) is 5.91 Å². The quantitative estimate of drug-likeness (QED) is 0.0649. The van der Waals surface area contributed by atoms with Gasteiger partial charge >= 0.3 is 5.97 Å². The average molecular weight is 687 g/mol. The number of ether oxygens (including phenoxy) is 1. The van der Waals surface area contributed by atoms with Gasteiger partial charge in [-0.3, -0.25) is 14.4 Å². The number of carbonyl (C=O) groups is 3. The Bertz CT molecular complexity index is 943. The Hall–Kier alpha value is -2.37. The lowest BCUT2D eigenvalue weighted by molar-refractivity contribution is -0.144. The highest BCUT2D eigenvalue weighted by Gasteiger charge is 2.08. The van der Waals surface area contributed by atoms with Crippen LogP contribution in [0.4, 0.5) is 0 Å². The van der Waals surface area contributed by atoms with Crippen molar-refractivity contribution < 1.29 is 19.1 Å². The summed E-state index contributed by atoms with van der Waals surface area (Å²) in [5.74, 6) is 1.19. The minimum absolute atomic E-state index is 0.0344. The molecular formula is C43H78N2O4. The number of amides is 2. The molecule has 1 aromatic carbocycles. The lowest BCUT2D eigenvalue weighted by Gasteiger charge is -2.10. The molecule has 2 N–H and O–H groups in total. The van der Waals surface area contributed by atoms with Gasteiger partial charge in [0.05, 0.1) is 6.61 Å². The van der Waals surface area contributed by atoms with Gasteiger partial charge in [0.15, 0.2) is 0 Å². The fourth-order valence-corrected chi connectivity index (χ4v) is 5.60. The van der Waals surface area contributed by atoms with Crippen LogP contribution in [-0.2, 0) is 14.3 Å². The van der Waals surface area contributed by atoms with Crippen LogP contribution in [0, 0.1) is 25.7 Å². The minimum atomic E-state index is -0.0593. The zero-order valence-electron chi connectivity index (χ0n) is 33.2. The maximum absolute atomic E-state index is 11.9. The van der Waals surface area contributed by atoms with E-state index in [0.29, 0.717) is 31.3 Å². The Morgan fingerprint density at radius 3 is 1.49 bits per heavy atom. The Kier molecular flexibility index (Phi) is 31.2. The van der Waals surface area contributed by atoms with Crippen LogP contribution in [0.25, 0.3) is 0 Å². The SMILES string of the molecule is CCC(C)CNC(=O)c1cc(C)cc(C)c1.CCCCCCCCCCCCCCCCCC(=O)OCCCCCC(=O)NCC(C)CC. The van der Waals surface area contributed by atoms with E-state index in [1.54, 1.807) is 0 Å². The molecule has 0 spiro atoms. The molecule has 284 valence electrons. The monoisotopic (exact) mass is 687 g/mol. The Labute approximate surface area is 303 Å². The van der Waals surface area contributed by atoms with E-state index in [-0.39, 0.29) is 17.8 Å². The molecule has 6 heteroatoms. The first-order chi connectivity index (χ1) is 23.6. The lowest BCUT2D eigenvalue weighted by Crippen LogP contribution is -2.28. The van der Waals surface area contributed by atoms with E-state index in [1.807, 2.05) is 26.0 Å². The van der Waals surface area contributed by atoms with E-state index in [4.69, 9.17) is 4.74 Å². The van der Waals surface area contributed by atoms with Gasteiger partial charge in [-0.25, -0.2) is 0 Å². The molecule has 0 aliphatic carbocycles. The Morgan fingerprint density at radius 2 is 1.00 bits per heavy atom. The second-order valence-corrected chi connectivity index (χ2v) is 14.6. The number of unbranched alkanes of at least 4 members (excludes halogenated alkanes) is 16. The molecule has 6 nitrogen and oxygen atoms in total. The molecule has 0 aromatic heterocycles. The third-order valence-corrected chi connectivity index (χ3v) is 9.43. The predicted molar refractivity (Wildman–Crippen MR) is 209 cm³/mol. The first-order valence-electron chi connectivity index (χ1n) is 20.4. The average Bonchev–Trinajstić information content (AvgIpc) is 3.08. The van der Waals surface area contributed by atoms with Crippen molar-refractivity contribution in [1.82, 2.24) is 10.6 Å². The van der Waals surface area contributed by atoms with E-state index >= 15 is 0 Å². The maximum Gasteiger partial charge on any atom is 0.305 e. The number of aryl methyl sites for hydroxylation is 2. The third kappa shape index (κ3) is 30.2. The molecule has 0 heterocycles. The van der Waals surface area contributed by atoms with Crippen molar-refractivity contribution in [2.75, 3.05) is 19.7 Å². The number of rotatable bonds is 29. The molecule has 2 unspecified atom stereocenters. The molecule has 0 radical (unpaired) electrons. The van der Waals surface area contributed by atoms with Crippen LogP contribution >= 0.6 is 0 Å². The number of hydrogen-bond donors (Lipinski definition) is 2. The minimum Gasteiger partial charge on any atom is -0.466 e. The van der Waals surface area contributed by atoms with Gasteiger partial charge in [-0.15, -0.1) is 0 Å². The molecule has 0 aliphatic rings. The highest BCUT2D eigenvalue weighted by atomic mass is 16.5. The first-order valence-corrected chi connectivity index (χ1v) is 20.4. The molecule has 2 amide bonds. The van der Waals surface area contributed by atoms with E-state index in [2.05, 4.69) is 51.3 Å². The van der Waals surface area contributed by atoms with Crippen LogP contribution in [0.2, 0.25) is 0 Å². The highest BCUT2D eigenvalue weighted by Crippen LogP contribution is 2.14. The molecule has 0 saturated heterocycles. The molecule has 1 rings (SSSR count). The number of benzene rings is 1. The summed E-state index contributed by atoms with van der Waals surface area (Å²) in [6.45, 7) is 16.9.